The Morgan fingerprint density at radius 2 is 1.09 bits per heavy atom. The van der Waals surface area contributed by atoms with Gasteiger partial charge in [0, 0.05) is 0 Å². The summed E-state index contributed by atoms with van der Waals surface area (Å²) in [5.41, 5.74) is 22.5. The van der Waals surface area contributed by atoms with Crippen LogP contribution < -0.4 is 34.1 Å². The minimum atomic E-state index is -0.647. The number of aromatic amines is 2. The average molecular weight is 649 g/mol. The quantitative estimate of drug-likeness (QED) is 0.0662. The highest BCUT2D eigenvalue weighted by molar-refractivity contribution is 5.76. The van der Waals surface area contributed by atoms with Gasteiger partial charge in [0.05, 0.1) is 25.9 Å². The minimum Gasteiger partial charge on any atom is -0.462 e. The molecule has 0 spiro atoms. The van der Waals surface area contributed by atoms with E-state index in [0.29, 0.717) is 11.3 Å². The Kier molecular flexibility index (Phi) is 12.7. The van der Waals surface area contributed by atoms with Crippen molar-refractivity contribution >= 4 is 46.2 Å². The van der Waals surface area contributed by atoms with Crippen molar-refractivity contribution in [1.82, 2.24) is 39.0 Å². The highest BCUT2D eigenvalue weighted by atomic mass is 16.6. The van der Waals surface area contributed by atoms with Crippen LogP contribution in [0.25, 0.3) is 22.3 Å². The number of fused-ring (bicyclic) bond motifs is 2. The maximum Gasteiger partial charge on any atom is 0.323 e. The van der Waals surface area contributed by atoms with Gasteiger partial charge in [0.1, 0.15) is 38.8 Å². The topological polar surface area (TPSA) is 302 Å². The first-order valence-electron chi connectivity index (χ1n) is 14.2. The number of nitrogens with zero attached hydrogens (tertiary/aromatic N) is 6. The second-order valence-electron chi connectivity index (χ2n) is 10.6. The molecule has 0 aromatic carbocycles. The van der Waals surface area contributed by atoms with Crippen molar-refractivity contribution in [3.8, 4) is 0 Å². The summed E-state index contributed by atoms with van der Waals surface area (Å²) >= 11 is 0. The third kappa shape index (κ3) is 9.54. The summed E-state index contributed by atoms with van der Waals surface area (Å²) in [5.74, 6) is -0.900. The van der Waals surface area contributed by atoms with Gasteiger partial charge in [-0.2, -0.15) is 9.97 Å². The zero-order chi connectivity index (χ0) is 34.0. The van der Waals surface area contributed by atoms with Crippen molar-refractivity contribution in [3.05, 3.63) is 33.4 Å². The molecule has 46 heavy (non-hydrogen) atoms. The number of imidazole rings is 2. The van der Waals surface area contributed by atoms with Crippen LogP contribution in [0.2, 0.25) is 0 Å². The zero-order valence-corrected chi connectivity index (χ0v) is 26.0. The van der Waals surface area contributed by atoms with E-state index in [9.17, 15) is 19.2 Å². The summed E-state index contributed by atoms with van der Waals surface area (Å²) in [7, 11) is 0. The summed E-state index contributed by atoms with van der Waals surface area (Å²) in [6, 6.07) is -1.29. The van der Waals surface area contributed by atoms with Gasteiger partial charge < -0.3 is 41.9 Å². The Morgan fingerprint density at radius 3 is 1.43 bits per heavy atom. The minimum absolute atomic E-state index is 0.000790. The van der Waals surface area contributed by atoms with Crippen LogP contribution in [0, 0.1) is 11.8 Å². The maximum absolute atomic E-state index is 11.6. The van der Waals surface area contributed by atoms with Gasteiger partial charge in [-0.3, -0.25) is 38.3 Å². The molecule has 4 rings (SSSR count). The van der Waals surface area contributed by atoms with E-state index in [1.165, 1.54) is 21.8 Å². The van der Waals surface area contributed by atoms with Crippen LogP contribution in [0.5, 0.6) is 0 Å². The van der Waals surface area contributed by atoms with Gasteiger partial charge >= 0.3 is 11.9 Å². The Labute approximate surface area is 261 Å². The van der Waals surface area contributed by atoms with Gasteiger partial charge in [0.15, 0.2) is 22.3 Å². The number of anilines is 2. The number of carbonyl (C=O) groups excluding carboxylic acids is 2. The predicted molar refractivity (Wildman–Crippen MR) is 165 cm³/mol. The third-order valence-electron chi connectivity index (χ3n) is 6.37. The van der Waals surface area contributed by atoms with Crippen LogP contribution in [0.15, 0.2) is 22.2 Å². The van der Waals surface area contributed by atoms with Crippen molar-refractivity contribution in [2.75, 3.05) is 37.9 Å². The highest BCUT2D eigenvalue weighted by Gasteiger charge is 2.19. The number of hydrogen-bond acceptors (Lipinski definition) is 16. The lowest BCUT2D eigenvalue weighted by atomic mass is 10.1. The molecule has 0 aliphatic carbocycles. The van der Waals surface area contributed by atoms with Crippen LogP contribution in [0.3, 0.4) is 0 Å². The predicted octanol–water partition coefficient (Wildman–Crippen LogP) is -1.60. The Bertz CT molecular complexity index is 1600. The number of nitrogens with one attached hydrogen (secondary N) is 2. The van der Waals surface area contributed by atoms with Crippen molar-refractivity contribution < 1.29 is 28.5 Å². The van der Waals surface area contributed by atoms with Crippen LogP contribution in [-0.4, -0.2) is 89.5 Å². The number of nitrogen functional groups attached to an aromatic ring is 2. The second kappa shape index (κ2) is 16.4. The number of rotatable bonds is 14. The number of nitrogens with two attached hydrogens (primary N) is 4. The molecule has 4 heterocycles. The number of hydrogen-bond donors (Lipinski definition) is 6. The number of carbonyl (C=O) groups is 2. The second-order valence-corrected chi connectivity index (χ2v) is 10.6. The van der Waals surface area contributed by atoms with Crippen molar-refractivity contribution in [2.24, 2.45) is 23.3 Å². The van der Waals surface area contributed by atoms with E-state index in [-0.39, 0.29) is 74.7 Å². The summed E-state index contributed by atoms with van der Waals surface area (Å²) in [4.78, 5) is 67.0. The first kappa shape index (κ1) is 35.6. The van der Waals surface area contributed by atoms with Crippen LogP contribution in [0.1, 0.15) is 27.7 Å². The molecule has 20 nitrogen and oxygen atoms in total. The van der Waals surface area contributed by atoms with Gasteiger partial charge in [-0.15, -0.1) is 0 Å². The lowest BCUT2D eigenvalue weighted by Crippen LogP contribution is -2.37. The molecular formula is C26H40N12O8. The van der Waals surface area contributed by atoms with Gasteiger partial charge in [-0.05, 0) is 11.8 Å². The van der Waals surface area contributed by atoms with Crippen LogP contribution >= 0.6 is 0 Å². The Morgan fingerprint density at radius 1 is 0.717 bits per heavy atom. The van der Waals surface area contributed by atoms with Gasteiger partial charge in [-0.1, -0.05) is 27.7 Å². The van der Waals surface area contributed by atoms with Gasteiger partial charge in [0.25, 0.3) is 11.1 Å². The molecule has 10 N–H and O–H groups in total. The van der Waals surface area contributed by atoms with E-state index < -0.39 is 35.1 Å². The van der Waals surface area contributed by atoms with E-state index in [4.69, 9.17) is 41.9 Å². The monoisotopic (exact) mass is 648 g/mol. The molecule has 0 aliphatic rings. The number of aromatic nitrogens is 8. The molecule has 4 aromatic heterocycles. The molecule has 4 aromatic rings. The fourth-order valence-corrected chi connectivity index (χ4v) is 3.60. The molecule has 0 bridgehead atoms. The molecule has 0 fully saturated rings. The summed E-state index contributed by atoms with van der Waals surface area (Å²) in [5, 5.41) is 0. The molecule has 0 aliphatic heterocycles. The lowest BCUT2D eigenvalue weighted by Gasteiger charge is -2.14. The summed E-state index contributed by atoms with van der Waals surface area (Å²) in [6.07, 6.45) is 2.85. The maximum atomic E-state index is 11.6. The van der Waals surface area contributed by atoms with Crippen molar-refractivity contribution in [3.63, 3.8) is 0 Å². The van der Waals surface area contributed by atoms with Crippen molar-refractivity contribution in [2.45, 2.75) is 53.2 Å². The Hall–Kier alpha value is -4.92. The molecule has 0 saturated carbocycles. The Balaban J connectivity index is 0.000000250. The van der Waals surface area contributed by atoms with E-state index in [2.05, 4.69) is 29.9 Å². The fourth-order valence-electron chi connectivity index (χ4n) is 3.60. The molecule has 0 radical (unpaired) electrons. The first-order chi connectivity index (χ1) is 21.8. The normalized spacial score (nSPS) is 12.7. The fraction of sp³-hybridized carbons (Fsp3) is 0.538. The van der Waals surface area contributed by atoms with E-state index >= 15 is 0 Å². The van der Waals surface area contributed by atoms with E-state index in [1.54, 1.807) is 0 Å². The molecule has 2 atom stereocenters. The highest BCUT2D eigenvalue weighted by Crippen LogP contribution is 2.08. The molecule has 0 amide bonds. The molecule has 20 heteroatoms. The molecule has 0 unspecified atom stereocenters. The third-order valence-corrected chi connectivity index (χ3v) is 6.37. The SMILES string of the molecule is CC(C)[C@H](N)C(=O)OCCOCn1cnc2c(=O)[nH]c(N)nc21.CC(C)[C@H](N)C(=O)OCCOCn1cnc2c(=O)[nH]c(N)nc21. The van der Waals surface area contributed by atoms with Gasteiger partial charge in [0.2, 0.25) is 11.9 Å². The smallest absolute Gasteiger partial charge is 0.323 e. The standard InChI is InChI=1S/2C13H20N6O4/c2*1-7(2)8(14)12(21)23-4-3-22-6-19-5-16-9-10(19)17-13(15)18-11(9)20/h2*5,7-8H,3-4,6,14H2,1-2H3,(H3,15,17,18,20)/t2*8-/m00/s1. The molecule has 252 valence electrons. The largest absolute Gasteiger partial charge is 0.462 e. The molecule has 0 saturated heterocycles. The summed E-state index contributed by atoms with van der Waals surface area (Å²) in [6.45, 7) is 8.08. The average Bonchev–Trinajstić information content (AvgIpc) is 3.60. The lowest BCUT2D eigenvalue weighted by molar-refractivity contribution is -0.149. The van der Waals surface area contributed by atoms with Crippen molar-refractivity contribution in [1.29, 1.82) is 0 Å². The zero-order valence-electron chi connectivity index (χ0n) is 26.0. The number of H-pyrrole nitrogens is 2. The van der Waals surface area contributed by atoms with E-state index in [0.717, 1.165) is 0 Å². The van der Waals surface area contributed by atoms with Crippen LogP contribution in [-0.2, 0) is 42.0 Å². The van der Waals surface area contributed by atoms with E-state index in [1.807, 2.05) is 27.7 Å². The van der Waals surface area contributed by atoms with Crippen LogP contribution in [0.4, 0.5) is 11.9 Å². The molecular weight excluding hydrogens is 608 g/mol. The number of esters is 2. The number of ether oxygens (including phenoxy) is 4. The summed E-state index contributed by atoms with van der Waals surface area (Å²) < 4.78 is 23.8. The van der Waals surface area contributed by atoms with Gasteiger partial charge in [-0.25, -0.2) is 9.97 Å². The first-order valence-corrected chi connectivity index (χ1v) is 14.2.